The van der Waals surface area contributed by atoms with Gasteiger partial charge in [0.05, 0.1) is 0 Å². The molecule has 1 N–H and O–H groups in total. The van der Waals surface area contributed by atoms with Gasteiger partial charge < -0.3 is 5.32 Å². The average Bonchev–Trinajstić information content (AvgIpc) is 2.16. The van der Waals surface area contributed by atoms with Gasteiger partial charge in [0, 0.05) is 23.6 Å². The van der Waals surface area contributed by atoms with Crippen LogP contribution in [0.5, 0.6) is 0 Å². The molecule has 0 aliphatic carbocycles. The molecule has 16 heavy (non-hydrogen) atoms. The summed E-state index contributed by atoms with van der Waals surface area (Å²) in [6, 6.07) is 2.04. The molecule has 0 atom stereocenters. The van der Waals surface area contributed by atoms with Crippen molar-refractivity contribution in [3.63, 3.8) is 0 Å². The molecule has 0 unspecified atom stereocenters. The molecule has 0 saturated heterocycles. The second kappa shape index (κ2) is 6.18. The molecule has 1 heterocycles. The number of halogens is 1. The van der Waals surface area contributed by atoms with Crippen LogP contribution in [0.25, 0.3) is 0 Å². The Kier molecular flexibility index (Phi) is 5.19. The monoisotopic (exact) mass is 285 g/mol. The van der Waals surface area contributed by atoms with Crippen molar-refractivity contribution in [3.05, 3.63) is 18.1 Å². The second-order valence-electron chi connectivity index (χ2n) is 5.10. The highest BCUT2D eigenvalue weighted by Crippen LogP contribution is 2.19. The lowest BCUT2D eigenvalue weighted by molar-refractivity contribution is 0.406. The third kappa shape index (κ3) is 5.45. The summed E-state index contributed by atoms with van der Waals surface area (Å²) in [6.45, 7) is 7.59. The van der Waals surface area contributed by atoms with Crippen LogP contribution < -0.4 is 5.32 Å². The maximum atomic E-state index is 4.29. The van der Waals surface area contributed by atoms with Crippen LogP contribution in [-0.4, -0.2) is 21.8 Å². The molecule has 1 aromatic heterocycles. The molecule has 1 rings (SSSR count). The minimum absolute atomic E-state index is 0.265. The molecule has 4 heteroatoms. The van der Waals surface area contributed by atoms with Gasteiger partial charge in [-0.1, -0.05) is 36.7 Å². The number of rotatable bonds is 5. The zero-order valence-electron chi connectivity index (χ0n) is 10.3. The first-order chi connectivity index (χ1) is 7.51. The number of hydrogen-bond donors (Lipinski definition) is 1. The molecule has 3 nitrogen and oxygen atoms in total. The summed E-state index contributed by atoms with van der Waals surface area (Å²) in [5.41, 5.74) is 1.37. The van der Waals surface area contributed by atoms with Gasteiger partial charge in [0.25, 0.3) is 0 Å². The standard InChI is InChI=1S/C12H20BrN3/c1-12(2,3)8-10-7-11(16-9-15-10)14-6-4-5-13/h7,9H,4-6,8H2,1-3H3,(H,14,15,16). The third-order valence-corrected chi connectivity index (χ3v) is 2.61. The Labute approximate surface area is 106 Å². The van der Waals surface area contributed by atoms with Crippen LogP contribution in [0.1, 0.15) is 32.9 Å². The number of alkyl halides is 1. The summed E-state index contributed by atoms with van der Waals surface area (Å²) in [7, 11) is 0. The molecular formula is C12H20BrN3. The maximum absolute atomic E-state index is 4.29. The van der Waals surface area contributed by atoms with Crippen molar-refractivity contribution in [1.82, 2.24) is 9.97 Å². The topological polar surface area (TPSA) is 37.8 Å². The van der Waals surface area contributed by atoms with Crippen LogP contribution in [0.4, 0.5) is 5.82 Å². The van der Waals surface area contributed by atoms with E-state index in [1.807, 2.05) is 6.07 Å². The van der Waals surface area contributed by atoms with E-state index in [1.165, 1.54) is 0 Å². The van der Waals surface area contributed by atoms with Crippen LogP contribution in [-0.2, 0) is 6.42 Å². The summed E-state index contributed by atoms with van der Waals surface area (Å²) in [6.07, 6.45) is 3.71. The first kappa shape index (κ1) is 13.4. The van der Waals surface area contributed by atoms with Gasteiger partial charge >= 0.3 is 0 Å². The molecule has 0 fully saturated rings. The zero-order chi connectivity index (χ0) is 12.0. The van der Waals surface area contributed by atoms with Gasteiger partial charge in [0.1, 0.15) is 12.1 Å². The number of aromatic nitrogens is 2. The Balaban J connectivity index is 2.57. The number of nitrogens with one attached hydrogen (secondary N) is 1. The van der Waals surface area contributed by atoms with Crippen molar-refractivity contribution >= 4 is 21.7 Å². The minimum atomic E-state index is 0.265. The summed E-state index contributed by atoms with van der Waals surface area (Å²) >= 11 is 3.40. The number of anilines is 1. The fraction of sp³-hybridized carbons (Fsp3) is 0.667. The summed E-state index contributed by atoms with van der Waals surface area (Å²) in [5, 5.41) is 4.30. The van der Waals surface area contributed by atoms with E-state index in [9.17, 15) is 0 Å². The van der Waals surface area contributed by atoms with Crippen LogP contribution in [0.3, 0.4) is 0 Å². The lowest BCUT2D eigenvalue weighted by Gasteiger charge is -2.17. The molecule has 90 valence electrons. The summed E-state index contributed by atoms with van der Waals surface area (Å²) < 4.78 is 0. The van der Waals surface area contributed by atoms with Gasteiger partial charge in [-0.15, -0.1) is 0 Å². The normalized spacial score (nSPS) is 11.5. The molecule has 0 aromatic carbocycles. The third-order valence-electron chi connectivity index (χ3n) is 2.05. The summed E-state index contributed by atoms with van der Waals surface area (Å²) in [5.74, 6) is 0.926. The van der Waals surface area contributed by atoms with Crippen LogP contribution in [0.15, 0.2) is 12.4 Å². The average molecular weight is 286 g/mol. The van der Waals surface area contributed by atoms with E-state index in [2.05, 4.69) is 52.0 Å². The van der Waals surface area contributed by atoms with Crippen LogP contribution >= 0.6 is 15.9 Å². The smallest absolute Gasteiger partial charge is 0.129 e. The molecule has 0 spiro atoms. The molecule has 0 amide bonds. The van der Waals surface area contributed by atoms with Gasteiger partial charge in [-0.25, -0.2) is 9.97 Å². The van der Waals surface area contributed by atoms with Crippen molar-refractivity contribution in [2.75, 3.05) is 17.2 Å². The quantitative estimate of drug-likeness (QED) is 0.667. The van der Waals surface area contributed by atoms with E-state index in [1.54, 1.807) is 6.33 Å². The summed E-state index contributed by atoms with van der Waals surface area (Å²) in [4.78, 5) is 8.50. The predicted molar refractivity (Wildman–Crippen MR) is 72.1 cm³/mol. The Morgan fingerprint density at radius 2 is 2.06 bits per heavy atom. The number of nitrogens with zero attached hydrogens (tertiary/aromatic N) is 2. The van der Waals surface area contributed by atoms with E-state index >= 15 is 0 Å². The molecular weight excluding hydrogens is 266 g/mol. The van der Waals surface area contributed by atoms with E-state index < -0.39 is 0 Å². The van der Waals surface area contributed by atoms with Crippen molar-refractivity contribution in [2.24, 2.45) is 5.41 Å². The first-order valence-corrected chi connectivity index (χ1v) is 6.74. The van der Waals surface area contributed by atoms with Crippen molar-refractivity contribution < 1.29 is 0 Å². The Morgan fingerprint density at radius 3 is 2.69 bits per heavy atom. The fourth-order valence-corrected chi connectivity index (χ4v) is 1.70. The molecule has 1 aromatic rings. The second-order valence-corrected chi connectivity index (χ2v) is 5.89. The minimum Gasteiger partial charge on any atom is -0.370 e. The van der Waals surface area contributed by atoms with E-state index in [0.717, 1.165) is 36.2 Å². The predicted octanol–water partition coefficient (Wildman–Crippen LogP) is 3.26. The Morgan fingerprint density at radius 1 is 1.31 bits per heavy atom. The van der Waals surface area contributed by atoms with E-state index in [0.29, 0.717) is 0 Å². The van der Waals surface area contributed by atoms with Crippen molar-refractivity contribution in [2.45, 2.75) is 33.6 Å². The maximum Gasteiger partial charge on any atom is 0.129 e. The molecule has 0 bridgehead atoms. The van der Waals surface area contributed by atoms with Gasteiger partial charge in [-0.3, -0.25) is 0 Å². The van der Waals surface area contributed by atoms with Gasteiger partial charge in [-0.2, -0.15) is 0 Å². The molecule has 0 radical (unpaired) electrons. The molecule has 0 aliphatic heterocycles. The Hall–Kier alpha value is -0.640. The molecule has 0 saturated carbocycles. The fourth-order valence-electron chi connectivity index (χ4n) is 1.42. The van der Waals surface area contributed by atoms with Crippen LogP contribution in [0.2, 0.25) is 0 Å². The van der Waals surface area contributed by atoms with Gasteiger partial charge in [0.2, 0.25) is 0 Å². The SMILES string of the molecule is CC(C)(C)Cc1cc(NCCCBr)ncn1. The van der Waals surface area contributed by atoms with Crippen molar-refractivity contribution in [3.8, 4) is 0 Å². The highest BCUT2D eigenvalue weighted by Gasteiger charge is 2.12. The first-order valence-electron chi connectivity index (χ1n) is 5.62. The number of hydrogen-bond acceptors (Lipinski definition) is 3. The lowest BCUT2D eigenvalue weighted by atomic mass is 9.90. The molecule has 0 aliphatic rings. The van der Waals surface area contributed by atoms with Gasteiger partial charge in [-0.05, 0) is 18.3 Å². The highest BCUT2D eigenvalue weighted by molar-refractivity contribution is 9.09. The largest absolute Gasteiger partial charge is 0.370 e. The highest BCUT2D eigenvalue weighted by atomic mass is 79.9. The Bertz CT molecular complexity index is 320. The zero-order valence-corrected chi connectivity index (χ0v) is 11.8. The van der Waals surface area contributed by atoms with E-state index in [4.69, 9.17) is 0 Å². The van der Waals surface area contributed by atoms with Gasteiger partial charge in [0.15, 0.2) is 0 Å². The van der Waals surface area contributed by atoms with E-state index in [-0.39, 0.29) is 5.41 Å². The van der Waals surface area contributed by atoms with Crippen LogP contribution in [0, 0.1) is 5.41 Å². The van der Waals surface area contributed by atoms with Crippen molar-refractivity contribution in [1.29, 1.82) is 0 Å². The lowest BCUT2D eigenvalue weighted by Crippen LogP contribution is -2.11.